The third kappa shape index (κ3) is 38.5. The third-order valence-electron chi connectivity index (χ3n) is 10.4. The second kappa shape index (κ2) is 41.7. The van der Waals surface area contributed by atoms with Crippen LogP contribution in [0.5, 0.6) is 11.5 Å². The number of aliphatic hydroxyl groups is 4. The Bertz CT molecular complexity index is 1610. The topological polar surface area (TPSA) is 209 Å². The molecule has 0 bridgehead atoms. The standard InChI is InChI=1S/C19H36O4.C19H34O4.C15H13NO4/c2*1-3-4-5-6-7-8-9-10-11-12-13-14-18(21)15-19(22)16-23-17(2)20;1-10(17)16-11-6-8-12(9-7-11)20-15(19)13-4-2-3-5-14(13)18/h3,18-19,21-22H,1,4-16H2,2H3;1,18-19,21-22H,4-16H2,2H3;2-9,18H,1H3,(H,16,17). The van der Waals surface area contributed by atoms with Gasteiger partial charge in [-0.15, -0.1) is 18.9 Å². The van der Waals surface area contributed by atoms with Crippen LogP contribution in [0.2, 0.25) is 0 Å². The minimum atomic E-state index is -0.775. The summed E-state index contributed by atoms with van der Waals surface area (Å²) in [7, 11) is 0. The van der Waals surface area contributed by atoms with Gasteiger partial charge in [0.25, 0.3) is 0 Å². The zero-order valence-electron chi connectivity index (χ0n) is 40.3. The van der Waals surface area contributed by atoms with Crippen LogP contribution in [0.1, 0.15) is 185 Å². The van der Waals surface area contributed by atoms with Gasteiger partial charge < -0.3 is 45.1 Å². The molecule has 0 aliphatic heterocycles. The number of aromatic hydroxyl groups is 1. The van der Waals surface area contributed by atoms with E-state index in [-0.39, 0.29) is 43.3 Å². The quantitative estimate of drug-likeness (QED) is 0.0127. The third-order valence-corrected chi connectivity index (χ3v) is 10.4. The van der Waals surface area contributed by atoms with Crippen molar-refractivity contribution in [3.8, 4) is 23.8 Å². The highest BCUT2D eigenvalue weighted by atomic mass is 16.5. The molecule has 2 aromatic carbocycles. The Labute approximate surface area is 395 Å². The number of para-hydroxylation sites is 1. The van der Waals surface area contributed by atoms with Crippen molar-refractivity contribution >= 4 is 29.5 Å². The molecule has 0 saturated heterocycles. The predicted molar refractivity (Wildman–Crippen MR) is 261 cm³/mol. The van der Waals surface area contributed by atoms with Crippen LogP contribution in [0.3, 0.4) is 0 Å². The van der Waals surface area contributed by atoms with Gasteiger partial charge in [-0.05, 0) is 68.5 Å². The first-order chi connectivity index (χ1) is 31.7. The molecular weight excluding hydrogens is 843 g/mol. The maximum Gasteiger partial charge on any atom is 0.347 e. The maximum atomic E-state index is 11.8. The van der Waals surface area contributed by atoms with E-state index in [0.29, 0.717) is 24.3 Å². The second-order valence-corrected chi connectivity index (χ2v) is 16.8. The number of anilines is 1. The van der Waals surface area contributed by atoms with Gasteiger partial charge >= 0.3 is 17.9 Å². The minimum absolute atomic E-state index is 0.0286. The van der Waals surface area contributed by atoms with E-state index in [9.17, 15) is 44.7 Å². The lowest BCUT2D eigenvalue weighted by Crippen LogP contribution is -2.23. The molecule has 6 N–H and O–H groups in total. The van der Waals surface area contributed by atoms with E-state index >= 15 is 0 Å². The van der Waals surface area contributed by atoms with Crippen molar-refractivity contribution in [2.75, 3.05) is 18.5 Å². The Morgan fingerprint density at radius 3 is 1.45 bits per heavy atom. The normalized spacial score (nSPS) is 12.3. The maximum absolute atomic E-state index is 11.8. The summed E-state index contributed by atoms with van der Waals surface area (Å²) >= 11 is 0. The number of ether oxygens (including phenoxy) is 3. The molecule has 0 saturated carbocycles. The summed E-state index contributed by atoms with van der Waals surface area (Å²) in [6.07, 6.45) is 30.5. The fourth-order valence-corrected chi connectivity index (χ4v) is 6.80. The van der Waals surface area contributed by atoms with E-state index in [1.165, 1.54) is 116 Å². The molecule has 13 nitrogen and oxygen atoms in total. The number of allylic oxidation sites excluding steroid dienone is 1. The monoisotopic (exact) mass is 926 g/mol. The molecule has 2 rings (SSSR count). The first-order valence-corrected chi connectivity index (χ1v) is 24.1. The number of carbonyl (C=O) groups excluding carboxylic acids is 4. The molecule has 0 fully saturated rings. The number of nitrogens with one attached hydrogen (secondary N) is 1. The van der Waals surface area contributed by atoms with Gasteiger partial charge in [0, 0.05) is 45.7 Å². The number of hydrogen-bond acceptors (Lipinski definition) is 12. The number of phenolic OH excluding ortho intramolecular Hbond substituents is 1. The lowest BCUT2D eigenvalue weighted by Gasteiger charge is -2.15. The number of terminal acetylenes is 1. The highest BCUT2D eigenvalue weighted by molar-refractivity contribution is 5.94. The Balaban J connectivity index is 0.000000962. The summed E-state index contributed by atoms with van der Waals surface area (Å²) in [5, 5.41) is 51.0. The van der Waals surface area contributed by atoms with Crippen molar-refractivity contribution in [2.45, 2.75) is 199 Å². The number of carbonyl (C=O) groups is 4. The van der Waals surface area contributed by atoms with Gasteiger partial charge in [-0.25, -0.2) is 4.79 Å². The van der Waals surface area contributed by atoms with E-state index in [4.69, 9.17) is 20.6 Å². The summed E-state index contributed by atoms with van der Waals surface area (Å²) in [6, 6.07) is 12.5. The van der Waals surface area contributed by atoms with E-state index in [1.807, 2.05) is 6.08 Å². The Hall–Kier alpha value is -4.74. The molecule has 4 unspecified atom stereocenters. The van der Waals surface area contributed by atoms with Gasteiger partial charge in [-0.1, -0.05) is 121 Å². The molecule has 66 heavy (non-hydrogen) atoms. The highest BCUT2D eigenvalue weighted by Gasteiger charge is 2.15. The summed E-state index contributed by atoms with van der Waals surface area (Å²) in [6.45, 7) is 7.69. The summed E-state index contributed by atoms with van der Waals surface area (Å²) < 4.78 is 14.5. The number of rotatable bonds is 34. The van der Waals surface area contributed by atoms with Crippen LogP contribution >= 0.6 is 0 Å². The van der Waals surface area contributed by atoms with Crippen LogP contribution in [-0.2, 0) is 23.9 Å². The number of aliphatic hydroxyl groups excluding tert-OH is 4. The molecule has 372 valence electrons. The zero-order chi connectivity index (χ0) is 49.2. The van der Waals surface area contributed by atoms with E-state index in [1.54, 1.807) is 36.4 Å². The van der Waals surface area contributed by atoms with Crippen molar-refractivity contribution in [1.29, 1.82) is 0 Å². The van der Waals surface area contributed by atoms with E-state index in [0.717, 1.165) is 44.9 Å². The molecule has 2 aromatic rings. The molecular formula is C53H83NO12. The van der Waals surface area contributed by atoms with Gasteiger partial charge in [-0.3, -0.25) is 14.4 Å². The van der Waals surface area contributed by atoms with Gasteiger partial charge in [-0.2, -0.15) is 0 Å². The molecule has 13 heteroatoms. The molecule has 0 heterocycles. The summed E-state index contributed by atoms with van der Waals surface area (Å²) in [4.78, 5) is 44.0. The molecule has 0 aliphatic rings. The first kappa shape index (κ1) is 61.3. The highest BCUT2D eigenvalue weighted by Crippen LogP contribution is 2.21. The fourth-order valence-electron chi connectivity index (χ4n) is 6.80. The molecule has 0 radical (unpaired) electrons. The average Bonchev–Trinajstić information content (AvgIpc) is 3.27. The number of unbranched alkanes of at least 4 members (excludes halogenated alkanes) is 18. The van der Waals surface area contributed by atoms with Crippen molar-refractivity contribution < 1.29 is 58.9 Å². The van der Waals surface area contributed by atoms with Crippen LogP contribution in [0.25, 0.3) is 0 Å². The van der Waals surface area contributed by atoms with Crippen LogP contribution in [0.15, 0.2) is 61.2 Å². The zero-order valence-corrected chi connectivity index (χ0v) is 40.3. The number of phenols is 1. The van der Waals surface area contributed by atoms with Gasteiger partial charge in [0.15, 0.2) is 0 Å². The van der Waals surface area contributed by atoms with Crippen LogP contribution < -0.4 is 10.1 Å². The predicted octanol–water partition coefficient (Wildman–Crippen LogP) is 10.3. The van der Waals surface area contributed by atoms with Crippen LogP contribution in [-0.4, -0.2) is 87.0 Å². The Kier molecular flexibility index (Phi) is 38.7. The van der Waals surface area contributed by atoms with Crippen molar-refractivity contribution in [2.24, 2.45) is 0 Å². The number of hydrogen-bond donors (Lipinski definition) is 6. The smallest absolute Gasteiger partial charge is 0.347 e. The second-order valence-electron chi connectivity index (χ2n) is 16.8. The number of benzene rings is 2. The van der Waals surface area contributed by atoms with Gasteiger partial charge in [0.1, 0.15) is 30.3 Å². The molecule has 4 atom stereocenters. The lowest BCUT2D eigenvalue weighted by atomic mass is 10.0. The van der Waals surface area contributed by atoms with Crippen molar-refractivity contribution in [3.63, 3.8) is 0 Å². The molecule has 0 aliphatic carbocycles. The first-order valence-electron chi connectivity index (χ1n) is 24.1. The number of esters is 3. The number of amides is 1. The lowest BCUT2D eigenvalue weighted by molar-refractivity contribution is -0.145. The van der Waals surface area contributed by atoms with Crippen molar-refractivity contribution in [1.82, 2.24) is 0 Å². The molecule has 0 aromatic heterocycles. The molecule has 0 spiro atoms. The van der Waals surface area contributed by atoms with Crippen LogP contribution in [0.4, 0.5) is 5.69 Å². The van der Waals surface area contributed by atoms with Gasteiger partial charge in [0.05, 0.1) is 24.4 Å². The summed E-state index contributed by atoms with van der Waals surface area (Å²) in [5.74, 6) is 1.23. The average molecular weight is 926 g/mol. The van der Waals surface area contributed by atoms with Gasteiger partial charge in [0.2, 0.25) is 5.91 Å². The van der Waals surface area contributed by atoms with Crippen LogP contribution in [0, 0.1) is 12.3 Å². The largest absolute Gasteiger partial charge is 0.507 e. The van der Waals surface area contributed by atoms with E-state index in [2.05, 4.69) is 17.8 Å². The minimum Gasteiger partial charge on any atom is -0.507 e. The van der Waals surface area contributed by atoms with Crippen molar-refractivity contribution in [3.05, 3.63) is 66.7 Å². The summed E-state index contributed by atoms with van der Waals surface area (Å²) in [5.41, 5.74) is 0.707. The molecule has 1 amide bonds. The SMILES string of the molecule is C#CCCCCCCCCCCCC(O)CC(O)COC(C)=O.C=CCCCCCCCCCCCC(O)CC(O)COC(C)=O.CC(=O)Nc1ccc(OC(=O)c2ccccc2O)cc1. The Morgan fingerprint density at radius 2 is 1.05 bits per heavy atom. The Morgan fingerprint density at radius 1 is 0.621 bits per heavy atom. The fraction of sp³-hybridized carbons (Fsp3) is 0.623. The van der Waals surface area contributed by atoms with E-state index < -0.39 is 42.3 Å².